The van der Waals surface area contributed by atoms with Gasteiger partial charge in [-0.15, -0.1) is 0 Å². The Morgan fingerprint density at radius 2 is 1.96 bits per heavy atom. The summed E-state index contributed by atoms with van der Waals surface area (Å²) in [6.07, 6.45) is 5.18. The van der Waals surface area contributed by atoms with E-state index in [0.29, 0.717) is 18.6 Å². The highest BCUT2D eigenvalue weighted by Crippen LogP contribution is 2.23. The van der Waals surface area contributed by atoms with Crippen LogP contribution < -0.4 is 5.32 Å². The molecule has 0 bridgehead atoms. The first-order valence-electron chi connectivity index (χ1n) is 8.59. The zero-order valence-corrected chi connectivity index (χ0v) is 14.3. The molecular weight excluding hydrogens is 292 g/mol. The second-order valence-electron chi connectivity index (χ2n) is 6.44. The molecule has 2 heterocycles. The van der Waals surface area contributed by atoms with E-state index in [2.05, 4.69) is 35.0 Å². The van der Waals surface area contributed by atoms with Crippen molar-refractivity contribution >= 4 is 5.91 Å². The van der Waals surface area contributed by atoms with E-state index < -0.39 is 0 Å². The number of hydrogen-bond acceptors (Lipinski definition) is 5. The molecule has 0 saturated carbocycles. The fourth-order valence-electron chi connectivity index (χ4n) is 3.23. The van der Waals surface area contributed by atoms with Gasteiger partial charge in [-0.2, -0.15) is 5.26 Å². The Morgan fingerprint density at radius 3 is 2.57 bits per heavy atom. The first kappa shape index (κ1) is 17.8. The molecule has 2 atom stereocenters. The maximum atomic E-state index is 12.2. The summed E-state index contributed by atoms with van der Waals surface area (Å²) < 4.78 is 5.30. The van der Waals surface area contributed by atoms with Crippen LogP contribution in [0.3, 0.4) is 0 Å². The summed E-state index contributed by atoms with van der Waals surface area (Å²) in [7, 11) is 0. The molecule has 0 aromatic carbocycles. The van der Waals surface area contributed by atoms with Crippen molar-refractivity contribution < 1.29 is 9.53 Å². The third-order valence-corrected chi connectivity index (χ3v) is 4.72. The van der Waals surface area contributed by atoms with Gasteiger partial charge in [0.15, 0.2) is 0 Å². The minimum absolute atomic E-state index is 0.201. The monoisotopic (exact) mass is 320 g/mol. The molecule has 1 N–H and O–H groups in total. The average molecular weight is 320 g/mol. The highest BCUT2D eigenvalue weighted by Gasteiger charge is 2.23. The van der Waals surface area contributed by atoms with Crippen molar-refractivity contribution in [1.29, 1.82) is 5.26 Å². The van der Waals surface area contributed by atoms with Gasteiger partial charge in [0, 0.05) is 44.5 Å². The highest BCUT2D eigenvalue weighted by atomic mass is 16.5. The number of hydrogen-bond donors (Lipinski definition) is 1. The number of piperidine rings is 1. The third-order valence-electron chi connectivity index (χ3n) is 4.72. The quantitative estimate of drug-likeness (QED) is 0.607. The fourth-order valence-corrected chi connectivity index (χ4v) is 3.23. The number of likely N-dealkylation sites (tertiary alicyclic amines) is 1. The van der Waals surface area contributed by atoms with E-state index >= 15 is 0 Å². The molecule has 2 aliphatic rings. The van der Waals surface area contributed by atoms with Gasteiger partial charge in [0.25, 0.3) is 5.91 Å². The van der Waals surface area contributed by atoms with Gasteiger partial charge in [-0.3, -0.25) is 9.69 Å². The summed E-state index contributed by atoms with van der Waals surface area (Å²) in [5.41, 5.74) is 0.201. The molecule has 2 unspecified atom stereocenters. The van der Waals surface area contributed by atoms with E-state index in [-0.39, 0.29) is 11.5 Å². The lowest BCUT2D eigenvalue weighted by Gasteiger charge is -2.38. The smallest absolute Gasteiger partial charge is 0.263 e. The number of ether oxygens (including phenoxy) is 1. The van der Waals surface area contributed by atoms with Gasteiger partial charge >= 0.3 is 0 Å². The Kier molecular flexibility index (Phi) is 6.87. The number of carbonyl (C=O) groups excluding carboxylic acids is 1. The topological polar surface area (TPSA) is 68.6 Å². The number of nitrogens with zero attached hydrogens (tertiary/aromatic N) is 3. The van der Waals surface area contributed by atoms with Crippen LogP contribution in [0.15, 0.2) is 11.8 Å². The highest BCUT2D eigenvalue weighted by molar-refractivity contribution is 5.97. The lowest BCUT2D eigenvalue weighted by Crippen LogP contribution is -2.42. The molecule has 0 aromatic rings. The standard InChI is InChI=1S/C17H28N4O2/c1-14-4-3-5-15(2)21(14)13-16(12-18)17(22)19-6-7-20-8-10-23-11-9-20/h13-15H,3-11H2,1-2H3,(H,19,22)/b16-13-. The SMILES string of the molecule is CC1CCCC(C)N1/C=C(/C#N)C(=O)NCCN1CCOCC1. The van der Waals surface area contributed by atoms with Crippen molar-refractivity contribution in [3.05, 3.63) is 11.8 Å². The molecule has 0 spiro atoms. The van der Waals surface area contributed by atoms with Gasteiger partial charge in [-0.05, 0) is 33.1 Å². The molecule has 23 heavy (non-hydrogen) atoms. The zero-order valence-electron chi connectivity index (χ0n) is 14.3. The molecule has 0 aliphatic carbocycles. The summed E-state index contributed by atoms with van der Waals surface area (Å²) in [4.78, 5) is 16.6. The van der Waals surface area contributed by atoms with E-state index in [1.165, 1.54) is 6.42 Å². The van der Waals surface area contributed by atoms with Crippen molar-refractivity contribution in [1.82, 2.24) is 15.1 Å². The second-order valence-corrected chi connectivity index (χ2v) is 6.44. The summed E-state index contributed by atoms with van der Waals surface area (Å²) in [6, 6.07) is 2.81. The van der Waals surface area contributed by atoms with Crippen LogP contribution in [-0.2, 0) is 9.53 Å². The van der Waals surface area contributed by atoms with E-state index in [0.717, 1.165) is 45.7 Å². The van der Waals surface area contributed by atoms with E-state index in [1.807, 2.05) is 0 Å². The molecule has 1 amide bonds. The normalized spacial score (nSPS) is 26.7. The summed E-state index contributed by atoms with van der Waals surface area (Å²) in [5, 5.41) is 12.2. The van der Waals surface area contributed by atoms with Crippen molar-refractivity contribution in [3.8, 4) is 6.07 Å². The number of nitriles is 1. The molecular formula is C17H28N4O2. The molecule has 2 rings (SSSR count). The second kappa shape index (κ2) is 8.90. The number of carbonyl (C=O) groups is 1. The van der Waals surface area contributed by atoms with Crippen LogP contribution in [-0.4, -0.2) is 67.2 Å². The van der Waals surface area contributed by atoms with Crippen molar-refractivity contribution in [3.63, 3.8) is 0 Å². The van der Waals surface area contributed by atoms with Crippen LogP contribution in [0.2, 0.25) is 0 Å². The maximum absolute atomic E-state index is 12.2. The molecule has 0 aromatic heterocycles. The minimum atomic E-state index is -0.272. The zero-order chi connectivity index (χ0) is 16.7. The van der Waals surface area contributed by atoms with Gasteiger partial charge in [-0.25, -0.2) is 0 Å². The van der Waals surface area contributed by atoms with E-state index in [4.69, 9.17) is 4.74 Å². The van der Waals surface area contributed by atoms with Crippen LogP contribution in [0.5, 0.6) is 0 Å². The largest absolute Gasteiger partial charge is 0.379 e. The van der Waals surface area contributed by atoms with Gasteiger partial charge in [0.2, 0.25) is 0 Å². The summed E-state index contributed by atoms with van der Waals surface area (Å²) in [5.74, 6) is -0.272. The first-order chi connectivity index (χ1) is 11.1. The Bertz CT molecular complexity index is 456. The van der Waals surface area contributed by atoms with Crippen LogP contribution in [0.1, 0.15) is 33.1 Å². The molecule has 2 aliphatic heterocycles. The Balaban J connectivity index is 1.85. The Morgan fingerprint density at radius 1 is 1.30 bits per heavy atom. The lowest BCUT2D eigenvalue weighted by molar-refractivity contribution is -0.117. The van der Waals surface area contributed by atoms with Gasteiger partial charge in [0.05, 0.1) is 13.2 Å². The van der Waals surface area contributed by atoms with Crippen LogP contribution in [0.4, 0.5) is 0 Å². The van der Waals surface area contributed by atoms with Crippen molar-refractivity contribution in [2.24, 2.45) is 0 Å². The summed E-state index contributed by atoms with van der Waals surface area (Å²) in [6.45, 7) is 8.96. The third kappa shape index (κ3) is 5.22. The van der Waals surface area contributed by atoms with E-state index in [9.17, 15) is 10.1 Å². The van der Waals surface area contributed by atoms with E-state index in [1.54, 1.807) is 6.20 Å². The number of rotatable bonds is 5. The molecule has 6 nitrogen and oxygen atoms in total. The number of morpholine rings is 1. The van der Waals surface area contributed by atoms with Crippen LogP contribution >= 0.6 is 0 Å². The van der Waals surface area contributed by atoms with Crippen molar-refractivity contribution in [2.45, 2.75) is 45.2 Å². The maximum Gasteiger partial charge on any atom is 0.263 e. The Labute approximate surface area is 139 Å². The van der Waals surface area contributed by atoms with Gasteiger partial charge in [0.1, 0.15) is 11.6 Å². The molecule has 2 saturated heterocycles. The number of amides is 1. The molecule has 2 fully saturated rings. The Hall–Kier alpha value is -1.58. The lowest BCUT2D eigenvalue weighted by atomic mass is 9.98. The molecule has 6 heteroatoms. The first-order valence-corrected chi connectivity index (χ1v) is 8.59. The van der Waals surface area contributed by atoms with Crippen LogP contribution in [0.25, 0.3) is 0 Å². The predicted octanol–water partition coefficient (Wildman–Crippen LogP) is 1.11. The minimum Gasteiger partial charge on any atom is -0.379 e. The number of nitrogens with one attached hydrogen (secondary N) is 1. The molecule has 128 valence electrons. The molecule has 0 radical (unpaired) electrons. The van der Waals surface area contributed by atoms with Gasteiger partial charge in [-0.1, -0.05) is 0 Å². The fraction of sp³-hybridized carbons (Fsp3) is 0.765. The summed E-state index contributed by atoms with van der Waals surface area (Å²) >= 11 is 0. The predicted molar refractivity (Wildman–Crippen MR) is 88.6 cm³/mol. The van der Waals surface area contributed by atoms with Crippen molar-refractivity contribution in [2.75, 3.05) is 39.4 Å². The van der Waals surface area contributed by atoms with Crippen LogP contribution in [0, 0.1) is 11.3 Å². The average Bonchev–Trinajstić information content (AvgIpc) is 2.55. The van der Waals surface area contributed by atoms with Gasteiger partial charge < -0.3 is 15.0 Å².